The zero-order chi connectivity index (χ0) is 52.3. The fraction of sp³-hybridized carbons (Fsp3) is 0.924. The largest absolute Gasteiger partial charge is 0.394 e. The lowest BCUT2D eigenvalue weighted by molar-refractivity contribution is -0.132. The van der Waals surface area contributed by atoms with Gasteiger partial charge >= 0.3 is 0 Å². The number of carbonyl (C=O) groups excluding carboxylic acids is 1. The molecule has 0 aliphatic heterocycles. The van der Waals surface area contributed by atoms with Gasteiger partial charge in [0.25, 0.3) is 0 Å². The van der Waals surface area contributed by atoms with Crippen LogP contribution >= 0.6 is 0 Å². The fourth-order valence-electron chi connectivity index (χ4n) is 10.5. The Labute approximate surface area is 450 Å². The van der Waals surface area contributed by atoms with Crippen molar-refractivity contribution in [2.45, 2.75) is 385 Å². The van der Waals surface area contributed by atoms with Crippen LogP contribution in [0.5, 0.6) is 0 Å². The maximum absolute atomic E-state index is 12.6. The van der Waals surface area contributed by atoms with Crippen molar-refractivity contribution in [3.8, 4) is 0 Å². The van der Waals surface area contributed by atoms with Crippen LogP contribution in [-0.2, 0) is 4.79 Å². The summed E-state index contributed by atoms with van der Waals surface area (Å²) in [6, 6.07) is -1.00. The van der Waals surface area contributed by atoms with Crippen LogP contribution in [0.15, 0.2) is 24.3 Å². The van der Waals surface area contributed by atoms with Gasteiger partial charge in [0.15, 0.2) is 0 Å². The molecule has 0 radical (unpaired) electrons. The molecule has 0 spiro atoms. The number of unbranched alkanes of at least 4 members (excludes halogenated alkanes) is 48. The molecule has 0 aromatic rings. The molecule has 5 N–H and O–H groups in total. The first-order valence-corrected chi connectivity index (χ1v) is 32.7. The smallest absolute Gasteiger partial charge is 0.249 e. The van der Waals surface area contributed by atoms with E-state index in [4.69, 9.17) is 0 Å². The Morgan fingerprint density at radius 2 is 0.569 bits per heavy atom. The summed E-state index contributed by atoms with van der Waals surface area (Å²) in [6.45, 7) is 4.09. The maximum Gasteiger partial charge on any atom is 0.249 e. The Bertz CT molecular complexity index is 1100. The predicted molar refractivity (Wildman–Crippen MR) is 316 cm³/mol. The van der Waals surface area contributed by atoms with E-state index < -0.39 is 36.9 Å². The Morgan fingerprint density at radius 3 is 0.833 bits per heavy atom. The summed E-state index contributed by atoms with van der Waals surface area (Å²) >= 11 is 0. The number of amides is 1. The Balaban J connectivity index is 3.52. The Hall–Kier alpha value is -1.21. The highest BCUT2D eigenvalue weighted by atomic mass is 16.3. The zero-order valence-electron chi connectivity index (χ0n) is 48.7. The summed E-state index contributed by atoms with van der Waals surface area (Å²) in [5, 5.41) is 44.0. The molecule has 72 heavy (non-hydrogen) atoms. The first-order chi connectivity index (χ1) is 35.5. The lowest BCUT2D eigenvalue weighted by Crippen LogP contribution is -2.53. The Kier molecular flexibility index (Phi) is 59.6. The number of aliphatic hydroxyl groups excluding tert-OH is 4. The van der Waals surface area contributed by atoms with E-state index in [0.29, 0.717) is 12.8 Å². The van der Waals surface area contributed by atoms with Gasteiger partial charge < -0.3 is 25.7 Å². The Morgan fingerprint density at radius 1 is 0.333 bits per heavy atom. The van der Waals surface area contributed by atoms with E-state index in [-0.39, 0.29) is 0 Å². The van der Waals surface area contributed by atoms with Gasteiger partial charge in [0.05, 0.1) is 18.8 Å². The summed E-state index contributed by atoms with van der Waals surface area (Å²) in [7, 11) is 0. The van der Waals surface area contributed by atoms with Crippen LogP contribution in [0.4, 0.5) is 0 Å². The van der Waals surface area contributed by atoms with E-state index in [1.807, 2.05) is 0 Å². The second kappa shape index (κ2) is 60.7. The average molecular weight is 1020 g/mol. The second-order valence-electron chi connectivity index (χ2n) is 22.8. The van der Waals surface area contributed by atoms with Gasteiger partial charge in [0.1, 0.15) is 12.2 Å². The molecule has 6 nitrogen and oxygen atoms in total. The van der Waals surface area contributed by atoms with E-state index in [9.17, 15) is 25.2 Å². The van der Waals surface area contributed by atoms with E-state index in [1.54, 1.807) is 0 Å². The molecule has 0 saturated carbocycles. The minimum atomic E-state index is -1.28. The molecule has 0 heterocycles. The predicted octanol–water partition coefficient (Wildman–Crippen LogP) is 19.8. The van der Waals surface area contributed by atoms with Gasteiger partial charge in [-0.2, -0.15) is 0 Å². The molecule has 0 aromatic heterocycles. The summed E-state index contributed by atoms with van der Waals surface area (Å²) in [5.41, 5.74) is 0. The highest BCUT2D eigenvalue weighted by Gasteiger charge is 2.28. The van der Waals surface area contributed by atoms with Gasteiger partial charge in [-0.05, 0) is 64.2 Å². The number of aliphatic hydroxyl groups is 4. The summed E-state index contributed by atoms with van der Waals surface area (Å²) in [4.78, 5) is 12.6. The van der Waals surface area contributed by atoms with E-state index in [1.165, 1.54) is 295 Å². The van der Waals surface area contributed by atoms with Crippen molar-refractivity contribution >= 4 is 5.91 Å². The van der Waals surface area contributed by atoms with Gasteiger partial charge in [-0.1, -0.05) is 321 Å². The maximum atomic E-state index is 12.6. The lowest BCUT2D eigenvalue weighted by Gasteiger charge is -2.27. The van der Waals surface area contributed by atoms with Crippen molar-refractivity contribution in [3.05, 3.63) is 24.3 Å². The molecule has 0 fully saturated rings. The minimum absolute atomic E-state index is 0.366. The third kappa shape index (κ3) is 53.6. The highest BCUT2D eigenvalue weighted by molar-refractivity contribution is 5.80. The number of carbonyl (C=O) groups is 1. The summed E-state index contributed by atoms with van der Waals surface area (Å²) < 4.78 is 0. The van der Waals surface area contributed by atoms with Crippen molar-refractivity contribution < 1.29 is 25.2 Å². The average Bonchev–Trinajstić information content (AvgIpc) is 3.39. The second-order valence-corrected chi connectivity index (χ2v) is 22.8. The van der Waals surface area contributed by atoms with E-state index in [0.717, 1.165) is 38.5 Å². The van der Waals surface area contributed by atoms with Gasteiger partial charge in [-0.25, -0.2) is 0 Å². The van der Waals surface area contributed by atoms with Crippen molar-refractivity contribution in [1.82, 2.24) is 5.32 Å². The van der Waals surface area contributed by atoms with Gasteiger partial charge in [-0.15, -0.1) is 0 Å². The normalized spacial score (nSPS) is 13.7. The molecule has 0 aliphatic carbocycles. The van der Waals surface area contributed by atoms with Crippen LogP contribution in [0.3, 0.4) is 0 Å². The molecule has 4 atom stereocenters. The van der Waals surface area contributed by atoms with Gasteiger partial charge in [0, 0.05) is 0 Å². The molecular weight excluding hydrogens is 887 g/mol. The topological polar surface area (TPSA) is 110 Å². The number of hydrogen-bond acceptors (Lipinski definition) is 5. The molecule has 0 saturated heterocycles. The van der Waals surface area contributed by atoms with Crippen LogP contribution < -0.4 is 5.32 Å². The number of allylic oxidation sites excluding steroid dienone is 4. The molecule has 0 bridgehead atoms. The summed E-state index contributed by atoms with van der Waals surface area (Å²) in [6.07, 6.45) is 75.9. The fourth-order valence-corrected chi connectivity index (χ4v) is 10.5. The molecule has 0 aromatic carbocycles. The quantitative estimate of drug-likeness (QED) is 0.0308. The molecule has 1 amide bonds. The molecule has 0 aliphatic rings. The number of hydrogen-bond donors (Lipinski definition) is 5. The third-order valence-electron chi connectivity index (χ3n) is 15.6. The highest BCUT2D eigenvalue weighted by Crippen LogP contribution is 2.19. The van der Waals surface area contributed by atoms with Crippen molar-refractivity contribution in [2.24, 2.45) is 0 Å². The molecule has 0 rings (SSSR count). The third-order valence-corrected chi connectivity index (χ3v) is 15.6. The minimum Gasteiger partial charge on any atom is -0.394 e. The van der Waals surface area contributed by atoms with E-state index in [2.05, 4.69) is 43.5 Å². The van der Waals surface area contributed by atoms with Crippen LogP contribution in [0.2, 0.25) is 0 Å². The monoisotopic (exact) mass is 1020 g/mol. The molecule has 4 unspecified atom stereocenters. The van der Waals surface area contributed by atoms with Gasteiger partial charge in [-0.3, -0.25) is 4.79 Å². The standard InChI is InChI=1S/C66H129NO5/c1-3-5-7-9-11-13-15-17-19-21-23-24-25-26-27-28-29-30-31-32-33-34-35-36-37-38-39-40-41-42-44-46-48-50-52-54-56-58-60-64(70)66(72)67-62(61-68)65(71)63(69)59-57-55-53-51-49-47-45-43-22-20-18-16-14-12-10-8-6-4-2/h32-33,51,53,62-65,68-71H,3-31,34-50,52,54-61H2,1-2H3,(H,67,72)/b33-32-,53-51+. The lowest BCUT2D eigenvalue weighted by atomic mass is 10.00. The van der Waals surface area contributed by atoms with Crippen molar-refractivity contribution in [1.29, 1.82) is 0 Å². The van der Waals surface area contributed by atoms with Crippen LogP contribution in [0, 0.1) is 0 Å². The number of nitrogens with one attached hydrogen (secondary N) is 1. The zero-order valence-corrected chi connectivity index (χ0v) is 48.7. The molecular formula is C66H129NO5. The van der Waals surface area contributed by atoms with Crippen molar-refractivity contribution in [2.75, 3.05) is 6.61 Å². The van der Waals surface area contributed by atoms with Gasteiger partial charge in [0.2, 0.25) is 5.91 Å². The first-order valence-electron chi connectivity index (χ1n) is 32.7. The van der Waals surface area contributed by atoms with Crippen LogP contribution in [0.25, 0.3) is 0 Å². The first kappa shape index (κ1) is 70.8. The molecule has 428 valence electrons. The van der Waals surface area contributed by atoms with Crippen LogP contribution in [-0.4, -0.2) is 57.3 Å². The van der Waals surface area contributed by atoms with Crippen molar-refractivity contribution in [3.63, 3.8) is 0 Å². The number of rotatable bonds is 61. The van der Waals surface area contributed by atoms with E-state index >= 15 is 0 Å². The summed E-state index contributed by atoms with van der Waals surface area (Å²) in [5.74, 6) is -0.587. The SMILES string of the molecule is CCCCCCCCCCCCCCC/C=C/CCCC(O)C(O)C(CO)NC(=O)C(O)CCCCCCCCCCCCCCCCCC/C=C\CCCCCCCCCCCCCCCCCCCC. The van der Waals surface area contributed by atoms with Crippen LogP contribution in [0.1, 0.15) is 361 Å². The molecule has 6 heteroatoms.